The average molecular weight is 322 g/mol. The van der Waals surface area contributed by atoms with Crippen molar-refractivity contribution in [2.24, 2.45) is 0 Å². The Hall–Kier alpha value is -2.29. The van der Waals surface area contributed by atoms with Crippen LogP contribution in [-0.4, -0.2) is 30.4 Å². The second-order valence-corrected chi connectivity index (χ2v) is 6.36. The zero-order chi connectivity index (χ0) is 16.8. The van der Waals surface area contributed by atoms with Crippen molar-refractivity contribution in [1.82, 2.24) is 4.90 Å². The van der Waals surface area contributed by atoms with Gasteiger partial charge in [0, 0.05) is 38.3 Å². The number of aryl methyl sites for hydroxylation is 1. The van der Waals surface area contributed by atoms with E-state index < -0.39 is 0 Å². The van der Waals surface area contributed by atoms with Gasteiger partial charge in [0.25, 0.3) is 0 Å². The summed E-state index contributed by atoms with van der Waals surface area (Å²) < 4.78 is 0. The first-order valence-electron chi connectivity index (χ1n) is 8.92. The van der Waals surface area contributed by atoms with E-state index in [-0.39, 0.29) is 5.91 Å². The SMILES string of the molecule is CCN(Cc1ccccc1)C(=O)CCN1CCCc2ccccc21. The van der Waals surface area contributed by atoms with Crippen molar-refractivity contribution < 1.29 is 4.79 Å². The zero-order valence-corrected chi connectivity index (χ0v) is 14.4. The van der Waals surface area contributed by atoms with Crippen molar-refractivity contribution >= 4 is 11.6 Å². The van der Waals surface area contributed by atoms with E-state index in [0.717, 1.165) is 26.1 Å². The van der Waals surface area contributed by atoms with Gasteiger partial charge in [0.05, 0.1) is 0 Å². The Morgan fingerprint density at radius 2 is 1.83 bits per heavy atom. The minimum absolute atomic E-state index is 0.240. The van der Waals surface area contributed by atoms with E-state index >= 15 is 0 Å². The molecule has 0 atom stereocenters. The number of benzene rings is 2. The summed E-state index contributed by atoms with van der Waals surface area (Å²) in [4.78, 5) is 17.0. The summed E-state index contributed by atoms with van der Waals surface area (Å²) in [6.45, 7) is 5.37. The number of carbonyl (C=O) groups excluding carboxylic acids is 1. The number of para-hydroxylation sites is 1. The molecule has 0 spiro atoms. The van der Waals surface area contributed by atoms with E-state index in [1.165, 1.54) is 23.2 Å². The Kier molecular flexibility index (Phi) is 5.52. The van der Waals surface area contributed by atoms with Crippen LogP contribution in [0.2, 0.25) is 0 Å². The third-order valence-electron chi connectivity index (χ3n) is 4.75. The maximum absolute atomic E-state index is 12.6. The molecule has 2 aromatic carbocycles. The van der Waals surface area contributed by atoms with Crippen molar-refractivity contribution in [3.8, 4) is 0 Å². The molecule has 1 aliphatic heterocycles. The van der Waals surface area contributed by atoms with Crippen molar-refractivity contribution in [3.05, 3.63) is 65.7 Å². The van der Waals surface area contributed by atoms with Crippen LogP contribution in [0.1, 0.15) is 30.9 Å². The second-order valence-electron chi connectivity index (χ2n) is 6.36. The highest BCUT2D eigenvalue weighted by molar-refractivity contribution is 5.77. The van der Waals surface area contributed by atoms with E-state index in [1.807, 2.05) is 23.1 Å². The van der Waals surface area contributed by atoms with Gasteiger partial charge in [-0.25, -0.2) is 0 Å². The third-order valence-corrected chi connectivity index (χ3v) is 4.75. The fourth-order valence-electron chi connectivity index (χ4n) is 3.41. The van der Waals surface area contributed by atoms with Crippen LogP contribution < -0.4 is 4.90 Å². The molecule has 0 saturated heterocycles. The Balaban J connectivity index is 1.59. The van der Waals surface area contributed by atoms with Crippen LogP contribution in [0, 0.1) is 0 Å². The second kappa shape index (κ2) is 8.00. The molecule has 2 aromatic rings. The molecule has 0 N–H and O–H groups in total. The molecule has 0 radical (unpaired) electrons. The number of rotatable bonds is 6. The standard InChI is InChI=1S/C21H26N2O/c1-2-22(17-18-9-4-3-5-10-18)21(24)14-16-23-15-8-12-19-11-6-7-13-20(19)23/h3-7,9-11,13H,2,8,12,14-17H2,1H3. The quantitative estimate of drug-likeness (QED) is 0.806. The van der Waals surface area contributed by atoms with Crippen molar-refractivity contribution in [2.45, 2.75) is 32.7 Å². The van der Waals surface area contributed by atoms with E-state index in [4.69, 9.17) is 0 Å². The van der Waals surface area contributed by atoms with Crippen LogP contribution in [0.4, 0.5) is 5.69 Å². The minimum Gasteiger partial charge on any atom is -0.371 e. The Morgan fingerprint density at radius 1 is 1.08 bits per heavy atom. The molecule has 0 aliphatic carbocycles. The summed E-state index contributed by atoms with van der Waals surface area (Å²) in [5.41, 5.74) is 3.91. The Bertz CT molecular complexity index is 669. The summed E-state index contributed by atoms with van der Waals surface area (Å²) in [6.07, 6.45) is 2.90. The lowest BCUT2D eigenvalue weighted by Crippen LogP contribution is -2.36. The fraction of sp³-hybridized carbons (Fsp3) is 0.381. The number of anilines is 1. The molecule has 0 saturated carbocycles. The largest absolute Gasteiger partial charge is 0.371 e. The Morgan fingerprint density at radius 3 is 2.62 bits per heavy atom. The van der Waals surface area contributed by atoms with E-state index in [0.29, 0.717) is 13.0 Å². The lowest BCUT2D eigenvalue weighted by Gasteiger charge is -2.32. The van der Waals surface area contributed by atoms with Crippen LogP contribution >= 0.6 is 0 Å². The highest BCUT2D eigenvalue weighted by atomic mass is 16.2. The monoisotopic (exact) mass is 322 g/mol. The van der Waals surface area contributed by atoms with Gasteiger partial charge in [0.2, 0.25) is 5.91 Å². The molecule has 3 heteroatoms. The fourth-order valence-corrected chi connectivity index (χ4v) is 3.41. The number of nitrogens with zero attached hydrogens (tertiary/aromatic N) is 2. The lowest BCUT2D eigenvalue weighted by atomic mass is 10.0. The highest BCUT2D eigenvalue weighted by Gasteiger charge is 2.18. The summed E-state index contributed by atoms with van der Waals surface area (Å²) in [6, 6.07) is 18.8. The van der Waals surface area contributed by atoms with Crippen molar-refractivity contribution in [3.63, 3.8) is 0 Å². The lowest BCUT2D eigenvalue weighted by molar-refractivity contribution is -0.131. The van der Waals surface area contributed by atoms with Crippen LogP contribution in [-0.2, 0) is 17.8 Å². The smallest absolute Gasteiger partial charge is 0.224 e. The molecule has 24 heavy (non-hydrogen) atoms. The summed E-state index contributed by atoms with van der Waals surface area (Å²) in [5.74, 6) is 0.240. The van der Waals surface area contributed by atoms with E-state index in [1.54, 1.807) is 0 Å². The topological polar surface area (TPSA) is 23.6 Å². The molecule has 0 fully saturated rings. The first-order chi connectivity index (χ1) is 11.8. The molecule has 1 heterocycles. The predicted molar refractivity (Wildman–Crippen MR) is 99.1 cm³/mol. The van der Waals surface area contributed by atoms with Gasteiger partial charge in [0.15, 0.2) is 0 Å². The van der Waals surface area contributed by atoms with E-state index in [9.17, 15) is 4.79 Å². The first-order valence-corrected chi connectivity index (χ1v) is 8.92. The van der Waals surface area contributed by atoms with Crippen LogP contribution in [0.15, 0.2) is 54.6 Å². The molecule has 3 rings (SSSR count). The molecule has 3 nitrogen and oxygen atoms in total. The number of hydrogen-bond donors (Lipinski definition) is 0. The third kappa shape index (κ3) is 3.97. The number of carbonyl (C=O) groups is 1. The summed E-state index contributed by atoms with van der Waals surface area (Å²) in [7, 11) is 0. The molecular formula is C21H26N2O. The normalized spacial score (nSPS) is 13.5. The summed E-state index contributed by atoms with van der Waals surface area (Å²) >= 11 is 0. The molecule has 0 aromatic heterocycles. The minimum atomic E-state index is 0.240. The van der Waals surface area contributed by atoms with Gasteiger partial charge in [-0.1, -0.05) is 48.5 Å². The average Bonchev–Trinajstić information content (AvgIpc) is 2.65. The molecule has 0 bridgehead atoms. The molecule has 0 unspecified atom stereocenters. The first kappa shape index (κ1) is 16.6. The predicted octanol–water partition coefficient (Wildman–Crippen LogP) is 3.88. The van der Waals surface area contributed by atoms with Gasteiger partial charge in [0.1, 0.15) is 0 Å². The van der Waals surface area contributed by atoms with Gasteiger partial charge in [-0.05, 0) is 37.0 Å². The zero-order valence-electron chi connectivity index (χ0n) is 14.4. The van der Waals surface area contributed by atoms with Crippen LogP contribution in [0.25, 0.3) is 0 Å². The molecule has 1 amide bonds. The van der Waals surface area contributed by atoms with Gasteiger partial charge in [-0.2, -0.15) is 0 Å². The van der Waals surface area contributed by atoms with Gasteiger partial charge in [-0.3, -0.25) is 4.79 Å². The summed E-state index contributed by atoms with van der Waals surface area (Å²) in [5, 5.41) is 0. The van der Waals surface area contributed by atoms with Gasteiger partial charge >= 0.3 is 0 Å². The molecular weight excluding hydrogens is 296 g/mol. The van der Waals surface area contributed by atoms with Gasteiger partial charge < -0.3 is 9.80 Å². The Labute approximate surface area is 144 Å². The molecule has 1 aliphatic rings. The van der Waals surface area contributed by atoms with Gasteiger partial charge in [-0.15, -0.1) is 0 Å². The highest BCUT2D eigenvalue weighted by Crippen LogP contribution is 2.26. The van der Waals surface area contributed by atoms with E-state index in [2.05, 4.69) is 48.2 Å². The van der Waals surface area contributed by atoms with Crippen molar-refractivity contribution in [2.75, 3.05) is 24.5 Å². The number of amides is 1. The maximum atomic E-state index is 12.6. The van der Waals surface area contributed by atoms with Crippen molar-refractivity contribution in [1.29, 1.82) is 0 Å². The number of fused-ring (bicyclic) bond motifs is 1. The molecule has 126 valence electrons. The van der Waals surface area contributed by atoms with Crippen LogP contribution in [0.5, 0.6) is 0 Å². The van der Waals surface area contributed by atoms with Crippen LogP contribution in [0.3, 0.4) is 0 Å². The number of hydrogen-bond acceptors (Lipinski definition) is 2. The maximum Gasteiger partial charge on any atom is 0.224 e.